The molecule has 1 aromatic rings. The first-order chi connectivity index (χ1) is 8.89. The van der Waals surface area contributed by atoms with E-state index in [1.165, 1.54) is 6.07 Å². The van der Waals surface area contributed by atoms with E-state index in [0.29, 0.717) is 12.8 Å². The van der Waals surface area contributed by atoms with Crippen molar-refractivity contribution in [2.45, 2.75) is 44.2 Å². The Morgan fingerprint density at radius 2 is 1.84 bits per heavy atom. The van der Waals surface area contributed by atoms with Gasteiger partial charge in [-0.2, -0.15) is 13.2 Å². The highest BCUT2D eigenvalue weighted by Crippen LogP contribution is 2.35. The molecule has 1 saturated carbocycles. The zero-order valence-electron chi connectivity index (χ0n) is 10.3. The number of hydrogen-bond donors (Lipinski definition) is 0. The van der Waals surface area contributed by atoms with Crippen LogP contribution in [0, 0.1) is 5.82 Å². The molecule has 1 aromatic carbocycles. The summed E-state index contributed by atoms with van der Waals surface area (Å²) in [5.74, 6) is -1.86. The van der Waals surface area contributed by atoms with Gasteiger partial charge in [0, 0.05) is 12.3 Å². The lowest BCUT2D eigenvalue weighted by Crippen LogP contribution is -2.14. The van der Waals surface area contributed by atoms with Crippen molar-refractivity contribution in [3.8, 4) is 0 Å². The van der Waals surface area contributed by atoms with E-state index < -0.39 is 23.5 Å². The number of rotatable bonds is 1. The number of halogens is 4. The first kappa shape index (κ1) is 14.0. The fraction of sp³-hybridized carbons (Fsp3) is 0.500. The highest BCUT2D eigenvalue weighted by molar-refractivity contribution is 5.86. The highest BCUT2D eigenvalue weighted by Gasteiger charge is 2.35. The molecule has 1 fully saturated rings. The van der Waals surface area contributed by atoms with Crippen LogP contribution in [-0.4, -0.2) is 5.78 Å². The van der Waals surface area contributed by atoms with Crippen LogP contribution in [0.25, 0.3) is 0 Å². The third kappa shape index (κ3) is 3.14. The van der Waals surface area contributed by atoms with Gasteiger partial charge in [0.1, 0.15) is 11.6 Å². The predicted octanol–water partition coefficient (Wildman–Crippen LogP) is 4.46. The van der Waals surface area contributed by atoms with Gasteiger partial charge in [-0.25, -0.2) is 4.39 Å². The van der Waals surface area contributed by atoms with Crippen LogP contribution >= 0.6 is 0 Å². The molecule has 5 heteroatoms. The molecular weight excluding hydrogens is 260 g/mol. The smallest absolute Gasteiger partial charge is 0.299 e. The molecular formula is C14H14F4O. The highest BCUT2D eigenvalue weighted by atomic mass is 19.4. The number of ketones is 1. The average Bonchev–Trinajstić information content (AvgIpc) is 2.53. The van der Waals surface area contributed by atoms with E-state index in [1.54, 1.807) is 0 Å². The zero-order valence-corrected chi connectivity index (χ0v) is 10.3. The Morgan fingerprint density at radius 1 is 1.11 bits per heavy atom. The maximum atomic E-state index is 13.2. The molecule has 19 heavy (non-hydrogen) atoms. The van der Waals surface area contributed by atoms with Gasteiger partial charge in [0.05, 0.1) is 5.56 Å². The van der Waals surface area contributed by atoms with Crippen molar-refractivity contribution in [1.82, 2.24) is 0 Å². The summed E-state index contributed by atoms with van der Waals surface area (Å²) >= 11 is 0. The average molecular weight is 274 g/mol. The van der Waals surface area contributed by atoms with Crippen LogP contribution in [0.1, 0.15) is 49.1 Å². The molecule has 1 aliphatic rings. The van der Waals surface area contributed by atoms with Gasteiger partial charge in [0.15, 0.2) is 0 Å². The van der Waals surface area contributed by atoms with Crippen LogP contribution < -0.4 is 0 Å². The lowest BCUT2D eigenvalue weighted by molar-refractivity contribution is -0.140. The predicted molar refractivity (Wildman–Crippen MR) is 62.2 cm³/mol. The number of hydrogen-bond acceptors (Lipinski definition) is 1. The Balaban J connectivity index is 2.37. The second kappa shape index (κ2) is 5.31. The summed E-state index contributed by atoms with van der Waals surface area (Å²) in [7, 11) is 0. The molecule has 2 rings (SSSR count). The number of Topliss-reactive ketones (excluding diaryl/α,β-unsaturated/α-hetero) is 1. The molecule has 0 saturated heterocycles. The maximum Gasteiger partial charge on any atom is 0.419 e. The van der Waals surface area contributed by atoms with E-state index in [-0.39, 0.29) is 11.3 Å². The van der Waals surface area contributed by atoms with Crippen LogP contribution in [0.5, 0.6) is 0 Å². The normalized spacial score (nSPS) is 21.3. The lowest BCUT2D eigenvalue weighted by atomic mass is 9.89. The van der Waals surface area contributed by atoms with E-state index in [1.807, 2.05) is 0 Å². The first-order valence-electron chi connectivity index (χ1n) is 6.29. The van der Waals surface area contributed by atoms with Crippen molar-refractivity contribution in [3.63, 3.8) is 0 Å². The van der Waals surface area contributed by atoms with E-state index in [4.69, 9.17) is 0 Å². The third-order valence-electron chi connectivity index (χ3n) is 3.50. The Bertz CT molecular complexity index is 479. The monoisotopic (exact) mass is 274 g/mol. The van der Waals surface area contributed by atoms with Crippen molar-refractivity contribution < 1.29 is 22.4 Å². The molecule has 1 nitrogen and oxygen atoms in total. The SMILES string of the molecule is O=C1CCCCCC1c1ccc(F)c(C(F)(F)F)c1. The zero-order chi connectivity index (χ0) is 14.0. The number of alkyl halides is 3. The summed E-state index contributed by atoms with van der Waals surface area (Å²) in [6.07, 6.45) is -1.29. The molecule has 1 unspecified atom stereocenters. The van der Waals surface area contributed by atoms with Gasteiger partial charge in [-0.15, -0.1) is 0 Å². The van der Waals surface area contributed by atoms with E-state index in [0.717, 1.165) is 31.4 Å². The minimum atomic E-state index is -4.73. The Morgan fingerprint density at radius 3 is 2.53 bits per heavy atom. The molecule has 0 radical (unpaired) electrons. The second-order valence-corrected chi connectivity index (χ2v) is 4.86. The van der Waals surface area contributed by atoms with Crippen molar-refractivity contribution in [2.24, 2.45) is 0 Å². The largest absolute Gasteiger partial charge is 0.419 e. The summed E-state index contributed by atoms with van der Waals surface area (Å²) in [5, 5.41) is 0. The molecule has 1 aliphatic carbocycles. The number of benzene rings is 1. The lowest BCUT2D eigenvalue weighted by Gasteiger charge is -2.16. The third-order valence-corrected chi connectivity index (χ3v) is 3.50. The van der Waals surface area contributed by atoms with Gasteiger partial charge < -0.3 is 0 Å². The quantitative estimate of drug-likeness (QED) is 0.545. The van der Waals surface area contributed by atoms with Crippen LogP contribution in [0.4, 0.5) is 17.6 Å². The first-order valence-corrected chi connectivity index (χ1v) is 6.29. The Labute approximate surface area is 108 Å². The summed E-state index contributed by atoms with van der Waals surface area (Å²) in [5.41, 5.74) is -1.01. The molecule has 104 valence electrons. The van der Waals surface area contributed by atoms with E-state index >= 15 is 0 Å². The standard InChI is InChI=1S/C14H14F4O/c15-12-7-6-9(8-11(12)14(16,17)18)10-4-2-1-3-5-13(10)19/h6-8,10H,1-5H2. The van der Waals surface area contributed by atoms with Gasteiger partial charge >= 0.3 is 6.18 Å². The second-order valence-electron chi connectivity index (χ2n) is 4.86. The van der Waals surface area contributed by atoms with Crippen molar-refractivity contribution in [3.05, 3.63) is 35.1 Å². The van der Waals surface area contributed by atoms with Gasteiger partial charge in [-0.1, -0.05) is 18.9 Å². The molecule has 0 aromatic heterocycles. The summed E-state index contributed by atoms with van der Waals surface area (Å²) in [6, 6.07) is 2.87. The van der Waals surface area contributed by atoms with Gasteiger partial charge in [0.25, 0.3) is 0 Å². The molecule has 0 amide bonds. The summed E-state index contributed by atoms with van der Waals surface area (Å²) in [4.78, 5) is 11.9. The van der Waals surface area contributed by atoms with E-state index in [9.17, 15) is 22.4 Å². The van der Waals surface area contributed by atoms with Crippen molar-refractivity contribution in [1.29, 1.82) is 0 Å². The molecule has 0 spiro atoms. The minimum absolute atomic E-state index is 0.0442. The Hall–Kier alpha value is -1.39. The number of carbonyl (C=O) groups is 1. The maximum absolute atomic E-state index is 13.2. The van der Waals surface area contributed by atoms with Crippen LogP contribution in [0.3, 0.4) is 0 Å². The van der Waals surface area contributed by atoms with Crippen molar-refractivity contribution in [2.75, 3.05) is 0 Å². The molecule has 0 aliphatic heterocycles. The minimum Gasteiger partial charge on any atom is -0.299 e. The molecule has 0 heterocycles. The summed E-state index contributed by atoms with van der Waals surface area (Å²) < 4.78 is 51.2. The van der Waals surface area contributed by atoms with Gasteiger partial charge in [-0.05, 0) is 30.5 Å². The van der Waals surface area contributed by atoms with Gasteiger partial charge in [-0.3, -0.25) is 4.79 Å². The number of carbonyl (C=O) groups excluding carboxylic acids is 1. The molecule has 0 N–H and O–H groups in total. The van der Waals surface area contributed by atoms with Crippen molar-refractivity contribution >= 4 is 5.78 Å². The van der Waals surface area contributed by atoms with Gasteiger partial charge in [0.2, 0.25) is 0 Å². The fourth-order valence-corrected chi connectivity index (χ4v) is 2.49. The topological polar surface area (TPSA) is 17.1 Å². The summed E-state index contributed by atoms with van der Waals surface area (Å²) in [6.45, 7) is 0. The van der Waals surface area contributed by atoms with E-state index in [2.05, 4.69) is 0 Å². The van der Waals surface area contributed by atoms with Crippen LogP contribution in [0.15, 0.2) is 18.2 Å². The fourth-order valence-electron chi connectivity index (χ4n) is 2.49. The molecule has 1 atom stereocenters. The van der Waals surface area contributed by atoms with Crippen LogP contribution in [-0.2, 0) is 11.0 Å². The Kier molecular flexibility index (Phi) is 3.92. The molecule has 0 bridgehead atoms. The van der Waals surface area contributed by atoms with Crippen LogP contribution in [0.2, 0.25) is 0 Å².